The van der Waals surface area contributed by atoms with Gasteiger partial charge in [-0.2, -0.15) is 0 Å². The molecule has 0 fully saturated rings. The van der Waals surface area contributed by atoms with Gasteiger partial charge in [-0.25, -0.2) is 4.39 Å². The topological polar surface area (TPSA) is 35.2 Å². The van der Waals surface area contributed by atoms with E-state index in [9.17, 15) is 4.39 Å². The highest BCUT2D eigenvalue weighted by atomic mass is 35.5. The summed E-state index contributed by atoms with van der Waals surface area (Å²) in [6, 6.07) is 9.88. The minimum absolute atomic E-state index is 0.190. The van der Waals surface area contributed by atoms with Crippen LogP contribution >= 0.6 is 11.6 Å². The molecule has 0 amide bonds. The lowest BCUT2D eigenvalue weighted by Crippen LogP contribution is -1.92. The third-order valence-electron chi connectivity index (χ3n) is 2.47. The van der Waals surface area contributed by atoms with Crippen LogP contribution in [0, 0.1) is 5.82 Å². The maximum absolute atomic E-state index is 14.0. The molecule has 0 aromatic heterocycles. The number of ether oxygens (including phenoxy) is 1. The molecule has 0 bridgehead atoms. The lowest BCUT2D eigenvalue weighted by Gasteiger charge is -2.09. The van der Waals surface area contributed by atoms with E-state index in [0.717, 1.165) is 0 Å². The van der Waals surface area contributed by atoms with Crippen LogP contribution in [-0.2, 0) is 0 Å². The Labute approximate surface area is 104 Å². The van der Waals surface area contributed by atoms with E-state index in [0.29, 0.717) is 21.8 Å². The second-order valence-corrected chi connectivity index (χ2v) is 3.97. The van der Waals surface area contributed by atoms with Gasteiger partial charge in [0.2, 0.25) is 0 Å². The first-order valence-corrected chi connectivity index (χ1v) is 5.39. The number of hydrogen-bond donors (Lipinski definition) is 1. The third-order valence-corrected chi connectivity index (χ3v) is 2.78. The van der Waals surface area contributed by atoms with E-state index in [2.05, 4.69) is 0 Å². The Morgan fingerprint density at radius 3 is 2.59 bits per heavy atom. The Kier molecular flexibility index (Phi) is 3.20. The summed E-state index contributed by atoms with van der Waals surface area (Å²) in [5.74, 6) is -0.239. The van der Waals surface area contributed by atoms with E-state index >= 15 is 0 Å². The SMILES string of the molecule is COc1cccc(-c2ccc(N)cc2Cl)c1F. The van der Waals surface area contributed by atoms with Gasteiger partial charge in [-0.15, -0.1) is 0 Å². The van der Waals surface area contributed by atoms with Gasteiger partial charge in [0.1, 0.15) is 0 Å². The van der Waals surface area contributed by atoms with Crippen LogP contribution in [0.25, 0.3) is 11.1 Å². The summed E-state index contributed by atoms with van der Waals surface area (Å²) >= 11 is 6.04. The second-order valence-electron chi connectivity index (χ2n) is 3.56. The molecule has 0 saturated heterocycles. The molecule has 0 unspecified atom stereocenters. The van der Waals surface area contributed by atoms with Crippen molar-refractivity contribution in [3.05, 3.63) is 47.2 Å². The maximum atomic E-state index is 14.0. The number of rotatable bonds is 2. The smallest absolute Gasteiger partial charge is 0.172 e. The molecule has 0 atom stereocenters. The van der Waals surface area contributed by atoms with E-state index < -0.39 is 5.82 Å². The summed E-state index contributed by atoms with van der Waals surface area (Å²) in [6.45, 7) is 0. The number of hydrogen-bond acceptors (Lipinski definition) is 2. The number of anilines is 1. The van der Waals surface area contributed by atoms with Crippen LogP contribution in [-0.4, -0.2) is 7.11 Å². The quantitative estimate of drug-likeness (QED) is 0.826. The Hall–Kier alpha value is -1.74. The highest BCUT2D eigenvalue weighted by Gasteiger charge is 2.12. The summed E-state index contributed by atoms with van der Waals surface area (Å²) in [5, 5.41) is 0.414. The standard InChI is InChI=1S/C13H11ClFNO/c1-17-12-4-2-3-10(13(12)15)9-6-5-8(16)7-11(9)14/h2-7H,16H2,1H3. The first kappa shape index (κ1) is 11.7. The number of nitrogen functional groups attached to an aromatic ring is 1. The summed E-state index contributed by atoms with van der Waals surface area (Å²) in [5.41, 5.74) is 7.13. The molecular weight excluding hydrogens is 241 g/mol. The van der Waals surface area contributed by atoms with Gasteiger partial charge < -0.3 is 10.5 Å². The van der Waals surface area contributed by atoms with Crippen LogP contribution in [0.4, 0.5) is 10.1 Å². The van der Waals surface area contributed by atoms with E-state index in [-0.39, 0.29) is 5.75 Å². The zero-order valence-corrected chi connectivity index (χ0v) is 9.96. The van der Waals surface area contributed by atoms with Crippen molar-refractivity contribution in [1.82, 2.24) is 0 Å². The van der Waals surface area contributed by atoms with Crippen molar-refractivity contribution in [1.29, 1.82) is 0 Å². The monoisotopic (exact) mass is 251 g/mol. The van der Waals surface area contributed by atoms with Crippen molar-refractivity contribution in [3.63, 3.8) is 0 Å². The number of benzene rings is 2. The lowest BCUT2D eigenvalue weighted by molar-refractivity contribution is 0.387. The number of nitrogens with two attached hydrogens (primary N) is 1. The first-order chi connectivity index (χ1) is 8.13. The molecule has 88 valence electrons. The largest absolute Gasteiger partial charge is 0.494 e. The minimum Gasteiger partial charge on any atom is -0.494 e. The molecular formula is C13H11ClFNO. The highest BCUT2D eigenvalue weighted by molar-refractivity contribution is 6.33. The second kappa shape index (κ2) is 4.63. The van der Waals surface area contributed by atoms with Gasteiger partial charge in [0, 0.05) is 16.8 Å². The molecule has 4 heteroatoms. The van der Waals surface area contributed by atoms with Gasteiger partial charge in [-0.1, -0.05) is 29.8 Å². The summed E-state index contributed by atoms with van der Waals surface area (Å²) in [7, 11) is 1.42. The van der Waals surface area contributed by atoms with Crippen molar-refractivity contribution in [3.8, 4) is 16.9 Å². The average molecular weight is 252 g/mol. The third kappa shape index (κ3) is 2.19. The fourth-order valence-electron chi connectivity index (χ4n) is 1.63. The zero-order chi connectivity index (χ0) is 12.4. The van der Waals surface area contributed by atoms with Crippen molar-refractivity contribution < 1.29 is 9.13 Å². The van der Waals surface area contributed by atoms with Crippen LogP contribution < -0.4 is 10.5 Å². The molecule has 0 spiro atoms. The van der Waals surface area contributed by atoms with E-state index in [1.54, 1.807) is 36.4 Å². The Morgan fingerprint density at radius 1 is 1.18 bits per heavy atom. The van der Waals surface area contributed by atoms with Crippen molar-refractivity contribution in [2.24, 2.45) is 0 Å². The summed E-state index contributed by atoms with van der Waals surface area (Å²) in [4.78, 5) is 0. The van der Waals surface area contributed by atoms with Crippen LogP contribution in [0.1, 0.15) is 0 Å². The zero-order valence-electron chi connectivity index (χ0n) is 9.21. The first-order valence-electron chi connectivity index (χ1n) is 5.01. The van der Waals surface area contributed by atoms with Crippen molar-refractivity contribution >= 4 is 17.3 Å². The molecule has 0 aliphatic rings. The molecule has 17 heavy (non-hydrogen) atoms. The van der Waals surface area contributed by atoms with Crippen molar-refractivity contribution in [2.75, 3.05) is 12.8 Å². The molecule has 0 aliphatic carbocycles. The molecule has 0 radical (unpaired) electrons. The Morgan fingerprint density at radius 2 is 1.94 bits per heavy atom. The maximum Gasteiger partial charge on any atom is 0.172 e. The van der Waals surface area contributed by atoms with Gasteiger partial charge in [0.05, 0.1) is 12.1 Å². The lowest BCUT2D eigenvalue weighted by atomic mass is 10.0. The van der Waals surface area contributed by atoms with Gasteiger partial charge in [0.25, 0.3) is 0 Å². The van der Waals surface area contributed by atoms with Gasteiger partial charge in [0.15, 0.2) is 11.6 Å². The van der Waals surface area contributed by atoms with E-state index in [1.165, 1.54) is 7.11 Å². The van der Waals surface area contributed by atoms with E-state index in [1.807, 2.05) is 0 Å². The predicted molar refractivity (Wildman–Crippen MR) is 67.8 cm³/mol. The molecule has 2 aromatic carbocycles. The number of halogens is 2. The van der Waals surface area contributed by atoms with Gasteiger partial charge in [-0.05, 0) is 18.2 Å². The van der Waals surface area contributed by atoms with Crippen LogP contribution in [0.3, 0.4) is 0 Å². The molecule has 2 rings (SSSR count). The fourth-order valence-corrected chi connectivity index (χ4v) is 1.92. The number of methoxy groups -OCH3 is 1. The van der Waals surface area contributed by atoms with Crippen LogP contribution in [0.15, 0.2) is 36.4 Å². The molecule has 2 N–H and O–H groups in total. The van der Waals surface area contributed by atoms with E-state index in [4.69, 9.17) is 22.1 Å². The normalized spacial score (nSPS) is 10.3. The predicted octanol–water partition coefficient (Wildman–Crippen LogP) is 3.74. The molecule has 2 aromatic rings. The highest BCUT2D eigenvalue weighted by Crippen LogP contribution is 2.34. The summed E-state index contributed by atoms with van der Waals surface area (Å²) in [6.07, 6.45) is 0. The van der Waals surface area contributed by atoms with Gasteiger partial charge >= 0.3 is 0 Å². The van der Waals surface area contributed by atoms with Crippen molar-refractivity contribution in [2.45, 2.75) is 0 Å². The minimum atomic E-state index is -0.429. The van der Waals surface area contributed by atoms with Crippen LogP contribution in [0.2, 0.25) is 5.02 Å². The Balaban J connectivity index is 2.60. The van der Waals surface area contributed by atoms with Crippen LogP contribution in [0.5, 0.6) is 5.75 Å². The molecule has 0 heterocycles. The molecule has 2 nitrogen and oxygen atoms in total. The van der Waals surface area contributed by atoms with Gasteiger partial charge in [-0.3, -0.25) is 0 Å². The molecule has 0 saturated carbocycles. The molecule has 0 aliphatic heterocycles. The average Bonchev–Trinajstić information content (AvgIpc) is 2.30. The Bertz CT molecular complexity index is 557. The summed E-state index contributed by atoms with van der Waals surface area (Å²) < 4.78 is 19.0. The fraction of sp³-hybridized carbons (Fsp3) is 0.0769.